The molecule has 5 heteroatoms. The fraction of sp³-hybridized carbons (Fsp3) is 0.286. The number of nitrogens with zero attached hydrogens (tertiary/aromatic N) is 5. The van der Waals surface area contributed by atoms with Gasteiger partial charge in [0, 0.05) is 45.3 Å². The summed E-state index contributed by atoms with van der Waals surface area (Å²) >= 11 is 0. The second kappa shape index (κ2) is 7.12. The Kier molecular flexibility index (Phi) is 4.52. The molecule has 0 atom stereocenters. The van der Waals surface area contributed by atoms with Gasteiger partial charge in [-0.15, -0.1) is 0 Å². The molecule has 5 nitrogen and oxygen atoms in total. The molecule has 26 heavy (non-hydrogen) atoms. The molecule has 0 spiro atoms. The Morgan fingerprint density at radius 2 is 1.85 bits per heavy atom. The van der Waals surface area contributed by atoms with Crippen LogP contribution < -0.4 is 9.80 Å². The maximum absolute atomic E-state index is 4.74. The topological polar surface area (TPSA) is 45.2 Å². The lowest BCUT2D eigenvalue weighted by Crippen LogP contribution is -2.27. The van der Waals surface area contributed by atoms with Crippen molar-refractivity contribution in [3.63, 3.8) is 0 Å². The molecule has 2 heterocycles. The van der Waals surface area contributed by atoms with Crippen LogP contribution in [-0.4, -0.2) is 35.1 Å². The maximum atomic E-state index is 4.74. The van der Waals surface area contributed by atoms with Gasteiger partial charge in [-0.25, -0.2) is 4.98 Å². The van der Waals surface area contributed by atoms with Gasteiger partial charge in [0.05, 0.1) is 0 Å². The normalized spacial score (nSPS) is 13.5. The van der Waals surface area contributed by atoms with Crippen LogP contribution in [0.15, 0.2) is 61.1 Å². The zero-order valence-electron chi connectivity index (χ0n) is 15.2. The molecule has 4 rings (SSSR count). The summed E-state index contributed by atoms with van der Waals surface area (Å²) in [6, 6.07) is 15.2. The second-order valence-corrected chi connectivity index (χ2v) is 6.91. The molecule has 0 saturated heterocycles. The highest BCUT2D eigenvalue weighted by Crippen LogP contribution is 2.32. The molecule has 1 aliphatic carbocycles. The van der Waals surface area contributed by atoms with E-state index in [9.17, 15) is 0 Å². The highest BCUT2D eigenvalue weighted by molar-refractivity contribution is 5.63. The van der Waals surface area contributed by atoms with Gasteiger partial charge >= 0.3 is 0 Å². The summed E-state index contributed by atoms with van der Waals surface area (Å²) in [7, 11) is 4.01. The molecule has 1 aliphatic rings. The Morgan fingerprint density at radius 3 is 2.58 bits per heavy atom. The van der Waals surface area contributed by atoms with E-state index in [1.54, 1.807) is 6.20 Å². The van der Waals surface area contributed by atoms with Crippen LogP contribution in [0, 0.1) is 0 Å². The van der Waals surface area contributed by atoms with E-state index in [0.717, 1.165) is 23.9 Å². The van der Waals surface area contributed by atoms with Crippen molar-refractivity contribution < 1.29 is 0 Å². The van der Waals surface area contributed by atoms with Crippen molar-refractivity contribution in [2.24, 2.45) is 0 Å². The predicted octanol–water partition coefficient (Wildman–Crippen LogP) is 3.77. The van der Waals surface area contributed by atoms with Crippen molar-refractivity contribution >= 4 is 11.8 Å². The number of rotatable bonds is 6. The fourth-order valence-electron chi connectivity index (χ4n) is 3.06. The van der Waals surface area contributed by atoms with Crippen LogP contribution in [0.5, 0.6) is 0 Å². The van der Waals surface area contributed by atoms with E-state index in [4.69, 9.17) is 4.98 Å². The van der Waals surface area contributed by atoms with Crippen molar-refractivity contribution in [3.8, 4) is 11.1 Å². The van der Waals surface area contributed by atoms with Crippen molar-refractivity contribution in [1.29, 1.82) is 0 Å². The number of pyridine rings is 1. The van der Waals surface area contributed by atoms with E-state index in [1.165, 1.54) is 24.0 Å². The summed E-state index contributed by atoms with van der Waals surface area (Å²) in [5.41, 5.74) is 3.59. The van der Waals surface area contributed by atoms with E-state index >= 15 is 0 Å². The first-order valence-electron chi connectivity index (χ1n) is 8.97. The van der Waals surface area contributed by atoms with Gasteiger partial charge in [-0.3, -0.25) is 4.98 Å². The standard InChI is InChI=1S/C21H23N5/c1-25(2)20-10-12-23-21(24-20)26(19-8-9-19)15-16-5-3-6-17(13-16)18-7-4-11-22-14-18/h3-7,10-14,19H,8-9,15H2,1-2H3. The van der Waals surface area contributed by atoms with Crippen molar-refractivity contribution in [3.05, 3.63) is 66.6 Å². The summed E-state index contributed by atoms with van der Waals surface area (Å²) in [5, 5.41) is 0. The van der Waals surface area contributed by atoms with Crippen LogP contribution in [0.4, 0.5) is 11.8 Å². The SMILES string of the molecule is CN(C)c1ccnc(N(Cc2cccc(-c3cccnc3)c2)C2CC2)n1. The third-order valence-electron chi connectivity index (χ3n) is 4.61. The lowest BCUT2D eigenvalue weighted by Gasteiger charge is -2.24. The van der Waals surface area contributed by atoms with Gasteiger partial charge in [-0.05, 0) is 47.7 Å². The number of aromatic nitrogens is 3. The molecule has 132 valence electrons. The second-order valence-electron chi connectivity index (χ2n) is 6.91. The summed E-state index contributed by atoms with van der Waals surface area (Å²) < 4.78 is 0. The van der Waals surface area contributed by atoms with E-state index in [1.807, 2.05) is 43.5 Å². The van der Waals surface area contributed by atoms with Gasteiger partial charge in [0.15, 0.2) is 0 Å². The Bertz CT molecular complexity index is 874. The van der Waals surface area contributed by atoms with Gasteiger partial charge in [-0.1, -0.05) is 24.3 Å². The smallest absolute Gasteiger partial charge is 0.227 e. The fourth-order valence-corrected chi connectivity index (χ4v) is 3.06. The minimum Gasteiger partial charge on any atom is -0.363 e. The van der Waals surface area contributed by atoms with Crippen LogP contribution in [0.2, 0.25) is 0 Å². The lowest BCUT2D eigenvalue weighted by atomic mass is 10.0. The Labute approximate surface area is 154 Å². The largest absolute Gasteiger partial charge is 0.363 e. The molecule has 3 aromatic rings. The van der Waals surface area contributed by atoms with Crippen LogP contribution in [-0.2, 0) is 6.54 Å². The number of hydrogen-bond acceptors (Lipinski definition) is 5. The van der Waals surface area contributed by atoms with E-state index < -0.39 is 0 Å². The third-order valence-corrected chi connectivity index (χ3v) is 4.61. The predicted molar refractivity (Wildman–Crippen MR) is 105 cm³/mol. The highest BCUT2D eigenvalue weighted by atomic mass is 15.3. The lowest BCUT2D eigenvalue weighted by molar-refractivity contribution is 0.757. The first-order chi connectivity index (χ1) is 12.7. The summed E-state index contributed by atoms with van der Waals surface area (Å²) in [5.74, 6) is 1.75. The molecule has 0 N–H and O–H groups in total. The van der Waals surface area contributed by atoms with Gasteiger partial charge < -0.3 is 9.80 Å². The average molecular weight is 345 g/mol. The summed E-state index contributed by atoms with van der Waals surface area (Å²) in [6.45, 7) is 0.815. The number of hydrogen-bond donors (Lipinski definition) is 0. The zero-order chi connectivity index (χ0) is 17.9. The maximum Gasteiger partial charge on any atom is 0.227 e. The van der Waals surface area contributed by atoms with Gasteiger partial charge in [-0.2, -0.15) is 4.98 Å². The average Bonchev–Trinajstić information content (AvgIpc) is 3.52. The van der Waals surface area contributed by atoms with E-state index in [0.29, 0.717) is 6.04 Å². The van der Waals surface area contributed by atoms with Gasteiger partial charge in [0.25, 0.3) is 0 Å². The molecule has 0 bridgehead atoms. The Hall–Kier alpha value is -2.95. The molecule has 0 aliphatic heterocycles. The first-order valence-corrected chi connectivity index (χ1v) is 8.97. The van der Waals surface area contributed by atoms with Crippen LogP contribution in [0.3, 0.4) is 0 Å². The molecular formula is C21H23N5. The molecule has 2 aromatic heterocycles. The minimum atomic E-state index is 0.537. The van der Waals surface area contributed by atoms with Crippen LogP contribution in [0.25, 0.3) is 11.1 Å². The Balaban J connectivity index is 1.61. The molecule has 0 amide bonds. The van der Waals surface area contributed by atoms with Crippen molar-refractivity contribution in [2.75, 3.05) is 23.9 Å². The van der Waals surface area contributed by atoms with Crippen molar-refractivity contribution in [2.45, 2.75) is 25.4 Å². The molecule has 1 fully saturated rings. The summed E-state index contributed by atoms with van der Waals surface area (Å²) in [4.78, 5) is 17.9. The Morgan fingerprint density at radius 1 is 1.00 bits per heavy atom. The van der Waals surface area contributed by atoms with Crippen LogP contribution in [0.1, 0.15) is 18.4 Å². The monoisotopic (exact) mass is 345 g/mol. The summed E-state index contributed by atoms with van der Waals surface area (Å²) in [6.07, 6.45) is 7.97. The molecule has 1 aromatic carbocycles. The number of anilines is 2. The quantitative estimate of drug-likeness (QED) is 0.680. The van der Waals surface area contributed by atoms with Gasteiger partial charge in [0.2, 0.25) is 5.95 Å². The third kappa shape index (κ3) is 3.67. The molecule has 1 saturated carbocycles. The molecule has 0 radical (unpaired) electrons. The molecular weight excluding hydrogens is 322 g/mol. The van der Waals surface area contributed by atoms with Crippen LogP contribution >= 0.6 is 0 Å². The van der Waals surface area contributed by atoms with Crippen molar-refractivity contribution in [1.82, 2.24) is 15.0 Å². The minimum absolute atomic E-state index is 0.537. The molecule has 0 unspecified atom stereocenters. The first kappa shape index (κ1) is 16.5. The highest BCUT2D eigenvalue weighted by Gasteiger charge is 2.31. The van der Waals surface area contributed by atoms with Gasteiger partial charge in [0.1, 0.15) is 5.82 Å². The van der Waals surface area contributed by atoms with E-state index in [2.05, 4.69) is 45.2 Å². The number of benzene rings is 1. The van der Waals surface area contributed by atoms with E-state index in [-0.39, 0.29) is 0 Å². The zero-order valence-corrected chi connectivity index (χ0v) is 15.2.